The van der Waals surface area contributed by atoms with Gasteiger partial charge in [-0.3, -0.25) is 0 Å². The highest BCUT2D eigenvalue weighted by atomic mass is 16.3. The molecule has 1 aromatic carbocycles. The van der Waals surface area contributed by atoms with Gasteiger partial charge < -0.3 is 14.8 Å². The molecule has 2 N–H and O–H groups in total. The molecule has 1 aliphatic carbocycles. The summed E-state index contributed by atoms with van der Waals surface area (Å²) in [6.07, 6.45) is 1.25. The fourth-order valence-corrected chi connectivity index (χ4v) is 2.36. The van der Waals surface area contributed by atoms with E-state index in [2.05, 4.69) is 18.3 Å². The monoisotopic (exact) mass is 257 g/mol. The van der Waals surface area contributed by atoms with Crippen molar-refractivity contribution in [1.29, 1.82) is 0 Å². The molecule has 1 aliphatic rings. The lowest BCUT2D eigenvalue weighted by atomic mass is 10.2. The molecule has 19 heavy (non-hydrogen) atoms. The SMILES string of the molecule is Cc1cc(NCc2ccc(C3CC3C)o2)ccc1O. The fraction of sp³-hybridized carbons (Fsp3) is 0.375. The highest BCUT2D eigenvalue weighted by Crippen LogP contribution is 2.47. The second-order valence-corrected chi connectivity index (χ2v) is 5.48. The number of anilines is 1. The molecule has 1 fully saturated rings. The van der Waals surface area contributed by atoms with Crippen molar-refractivity contribution in [3.63, 3.8) is 0 Å². The van der Waals surface area contributed by atoms with E-state index >= 15 is 0 Å². The Morgan fingerprint density at radius 3 is 2.79 bits per heavy atom. The van der Waals surface area contributed by atoms with Crippen molar-refractivity contribution in [1.82, 2.24) is 0 Å². The van der Waals surface area contributed by atoms with Crippen LogP contribution in [0.15, 0.2) is 34.7 Å². The Morgan fingerprint density at radius 1 is 1.32 bits per heavy atom. The minimum Gasteiger partial charge on any atom is -0.508 e. The summed E-state index contributed by atoms with van der Waals surface area (Å²) >= 11 is 0. The average Bonchev–Trinajstić information content (AvgIpc) is 2.94. The molecule has 3 heteroatoms. The van der Waals surface area contributed by atoms with Crippen molar-refractivity contribution in [2.45, 2.75) is 32.7 Å². The van der Waals surface area contributed by atoms with Crippen LogP contribution in [-0.4, -0.2) is 5.11 Å². The first-order chi connectivity index (χ1) is 9.13. The van der Waals surface area contributed by atoms with Gasteiger partial charge in [-0.1, -0.05) is 6.92 Å². The molecule has 2 atom stereocenters. The summed E-state index contributed by atoms with van der Waals surface area (Å²) in [6.45, 7) is 4.82. The summed E-state index contributed by atoms with van der Waals surface area (Å²) < 4.78 is 5.84. The molecule has 2 unspecified atom stereocenters. The summed E-state index contributed by atoms with van der Waals surface area (Å²) in [6, 6.07) is 9.64. The van der Waals surface area contributed by atoms with Gasteiger partial charge in [-0.05, 0) is 55.2 Å². The van der Waals surface area contributed by atoms with Gasteiger partial charge in [0, 0.05) is 11.6 Å². The molecule has 1 saturated carbocycles. The molecular formula is C16H19NO2. The van der Waals surface area contributed by atoms with Crippen LogP contribution in [0, 0.1) is 12.8 Å². The number of furan rings is 1. The maximum absolute atomic E-state index is 9.48. The van der Waals surface area contributed by atoms with Gasteiger partial charge in [0.25, 0.3) is 0 Å². The number of nitrogens with one attached hydrogen (secondary N) is 1. The Balaban J connectivity index is 1.62. The minimum absolute atomic E-state index is 0.327. The second kappa shape index (κ2) is 4.65. The van der Waals surface area contributed by atoms with Crippen molar-refractivity contribution >= 4 is 5.69 Å². The normalized spacial score (nSPS) is 21.4. The standard InChI is InChI=1S/C16H19NO2/c1-10-8-14(10)16-6-4-13(19-16)9-17-12-3-5-15(18)11(2)7-12/h3-7,10,14,17-18H,8-9H2,1-2H3. The van der Waals surface area contributed by atoms with Crippen LogP contribution in [0.3, 0.4) is 0 Å². The van der Waals surface area contributed by atoms with Gasteiger partial charge in [0.1, 0.15) is 17.3 Å². The van der Waals surface area contributed by atoms with Crippen LogP contribution in [0.2, 0.25) is 0 Å². The zero-order valence-electron chi connectivity index (χ0n) is 11.3. The molecule has 3 rings (SSSR count). The predicted octanol–water partition coefficient (Wildman–Crippen LogP) is 4.03. The molecular weight excluding hydrogens is 238 g/mol. The molecule has 1 aromatic heterocycles. The molecule has 100 valence electrons. The number of aryl methyl sites for hydroxylation is 1. The van der Waals surface area contributed by atoms with Crippen LogP contribution in [0.25, 0.3) is 0 Å². The van der Waals surface area contributed by atoms with E-state index in [0.717, 1.165) is 28.7 Å². The lowest BCUT2D eigenvalue weighted by molar-refractivity contribution is 0.467. The largest absolute Gasteiger partial charge is 0.508 e. The number of aromatic hydroxyl groups is 1. The Hall–Kier alpha value is -1.90. The third-order valence-electron chi connectivity index (χ3n) is 3.82. The van der Waals surface area contributed by atoms with Gasteiger partial charge in [-0.2, -0.15) is 0 Å². The Labute approximate surface area is 113 Å². The van der Waals surface area contributed by atoms with Crippen molar-refractivity contribution in [3.05, 3.63) is 47.4 Å². The molecule has 2 aromatic rings. The van der Waals surface area contributed by atoms with E-state index in [9.17, 15) is 5.11 Å². The van der Waals surface area contributed by atoms with Crippen LogP contribution in [0.4, 0.5) is 5.69 Å². The molecule has 3 nitrogen and oxygen atoms in total. The zero-order valence-corrected chi connectivity index (χ0v) is 11.3. The van der Waals surface area contributed by atoms with E-state index in [0.29, 0.717) is 18.2 Å². The number of phenols is 1. The van der Waals surface area contributed by atoms with Gasteiger partial charge in [0.05, 0.1) is 6.54 Å². The Morgan fingerprint density at radius 2 is 2.11 bits per heavy atom. The molecule has 0 amide bonds. The molecule has 1 heterocycles. The predicted molar refractivity (Wildman–Crippen MR) is 75.4 cm³/mol. The van der Waals surface area contributed by atoms with Crippen LogP contribution < -0.4 is 5.32 Å². The molecule has 0 saturated heterocycles. The van der Waals surface area contributed by atoms with E-state index in [-0.39, 0.29) is 0 Å². The fourth-order valence-electron chi connectivity index (χ4n) is 2.36. The number of hydrogen-bond donors (Lipinski definition) is 2. The van der Waals surface area contributed by atoms with Crippen molar-refractivity contribution < 1.29 is 9.52 Å². The number of hydrogen-bond acceptors (Lipinski definition) is 3. The van der Waals surface area contributed by atoms with E-state index in [1.54, 1.807) is 6.07 Å². The van der Waals surface area contributed by atoms with Gasteiger partial charge in [0.15, 0.2) is 0 Å². The Bertz CT molecular complexity index is 588. The van der Waals surface area contributed by atoms with Crippen molar-refractivity contribution in [2.75, 3.05) is 5.32 Å². The second-order valence-electron chi connectivity index (χ2n) is 5.48. The first-order valence-electron chi connectivity index (χ1n) is 6.75. The molecule has 0 aliphatic heterocycles. The third-order valence-corrected chi connectivity index (χ3v) is 3.82. The highest BCUT2D eigenvalue weighted by Gasteiger charge is 2.36. The van der Waals surface area contributed by atoms with Crippen LogP contribution in [0.1, 0.15) is 36.3 Å². The maximum Gasteiger partial charge on any atom is 0.123 e. The lowest BCUT2D eigenvalue weighted by Crippen LogP contribution is -1.98. The quantitative estimate of drug-likeness (QED) is 0.813. The van der Waals surface area contributed by atoms with E-state index in [4.69, 9.17) is 4.42 Å². The van der Waals surface area contributed by atoms with Gasteiger partial charge in [0.2, 0.25) is 0 Å². The van der Waals surface area contributed by atoms with Crippen LogP contribution in [0.5, 0.6) is 5.75 Å². The third kappa shape index (κ3) is 2.60. The minimum atomic E-state index is 0.327. The van der Waals surface area contributed by atoms with E-state index in [1.165, 1.54) is 6.42 Å². The van der Waals surface area contributed by atoms with Crippen molar-refractivity contribution in [2.24, 2.45) is 5.92 Å². The first kappa shape index (κ1) is 12.2. The maximum atomic E-state index is 9.48. The summed E-state index contributed by atoms with van der Waals surface area (Å²) in [4.78, 5) is 0. The summed E-state index contributed by atoms with van der Waals surface area (Å²) in [7, 11) is 0. The summed E-state index contributed by atoms with van der Waals surface area (Å²) in [5, 5.41) is 12.8. The van der Waals surface area contributed by atoms with Crippen LogP contribution in [-0.2, 0) is 6.54 Å². The number of rotatable bonds is 4. The number of benzene rings is 1. The molecule has 0 radical (unpaired) electrons. The van der Waals surface area contributed by atoms with Gasteiger partial charge in [-0.25, -0.2) is 0 Å². The molecule has 0 spiro atoms. The van der Waals surface area contributed by atoms with E-state index < -0.39 is 0 Å². The topological polar surface area (TPSA) is 45.4 Å². The van der Waals surface area contributed by atoms with Crippen LogP contribution >= 0.6 is 0 Å². The lowest BCUT2D eigenvalue weighted by Gasteiger charge is -2.06. The summed E-state index contributed by atoms with van der Waals surface area (Å²) in [5.74, 6) is 3.80. The van der Waals surface area contributed by atoms with E-state index in [1.807, 2.05) is 25.1 Å². The average molecular weight is 257 g/mol. The number of phenolic OH excluding ortho intramolecular Hbond substituents is 1. The highest BCUT2D eigenvalue weighted by molar-refractivity contribution is 5.50. The first-order valence-corrected chi connectivity index (χ1v) is 6.75. The zero-order chi connectivity index (χ0) is 13.4. The van der Waals surface area contributed by atoms with Gasteiger partial charge in [-0.15, -0.1) is 0 Å². The molecule has 0 bridgehead atoms. The van der Waals surface area contributed by atoms with Crippen molar-refractivity contribution in [3.8, 4) is 5.75 Å². The smallest absolute Gasteiger partial charge is 0.123 e. The van der Waals surface area contributed by atoms with Gasteiger partial charge >= 0.3 is 0 Å². The Kier molecular flexibility index (Phi) is 2.97. The summed E-state index contributed by atoms with van der Waals surface area (Å²) in [5.41, 5.74) is 1.87.